The molecule has 4 rings (SSSR count). The second-order valence-corrected chi connectivity index (χ2v) is 12.9. The number of benzene rings is 3. The van der Waals surface area contributed by atoms with Gasteiger partial charge >= 0.3 is 0 Å². The molecule has 11 heteroatoms. The van der Waals surface area contributed by atoms with E-state index in [1.807, 2.05) is 44.2 Å². The van der Waals surface area contributed by atoms with Gasteiger partial charge in [-0.05, 0) is 55.2 Å². The Hall–Kier alpha value is -3.40. The number of fused-ring (bicyclic) bond motifs is 1. The molecule has 0 aromatic heterocycles. The fourth-order valence-corrected chi connectivity index (χ4v) is 6.87. The van der Waals surface area contributed by atoms with Crippen LogP contribution in [-0.4, -0.2) is 54.0 Å². The minimum Gasteiger partial charge on any atom is -0.352 e. The van der Waals surface area contributed by atoms with E-state index in [-0.39, 0.29) is 60.7 Å². The molecule has 0 fully saturated rings. The normalized spacial score (nSPS) is 15.1. The SMILES string of the molecule is CC[C@H](C)NC(=O)[C@@H](Cc1ccccc1)N(Cc1ccc(Cl)cc1Cl)C(=O)CCCN1C(=O)c2ccccc2S1(=O)=O. The van der Waals surface area contributed by atoms with Crippen LogP contribution in [0.15, 0.2) is 77.7 Å². The molecule has 1 heterocycles. The van der Waals surface area contributed by atoms with Gasteiger partial charge in [0.25, 0.3) is 15.9 Å². The van der Waals surface area contributed by atoms with Crippen LogP contribution in [0.4, 0.5) is 0 Å². The predicted molar refractivity (Wildman–Crippen MR) is 163 cm³/mol. The van der Waals surface area contributed by atoms with Crippen LogP contribution >= 0.6 is 23.2 Å². The van der Waals surface area contributed by atoms with E-state index in [0.717, 1.165) is 9.87 Å². The summed E-state index contributed by atoms with van der Waals surface area (Å²) in [5.41, 5.74) is 1.59. The van der Waals surface area contributed by atoms with Crippen LogP contribution in [0.2, 0.25) is 10.0 Å². The third kappa shape index (κ3) is 7.14. The van der Waals surface area contributed by atoms with Gasteiger partial charge in [-0.15, -0.1) is 0 Å². The summed E-state index contributed by atoms with van der Waals surface area (Å²) >= 11 is 12.6. The average molecular weight is 631 g/mol. The quantitative estimate of drug-likeness (QED) is 0.286. The van der Waals surface area contributed by atoms with Crippen molar-refractivity contribution < 1.29 is 22.8 Å². The summed E-state index contributed by atoms with van der Waals surface area (Å²) in [6, 6.07) is 19.4. The van der Waals surface area contributed by atoms with Gasteiger partial charge < -0.3 is 10.2 Å². The maximum Gasteiger partial charge on any atom is 0.269 e. The summed E-state index contributed by atoms with van der Waals surface area (Å²) in [4.78, 5) is 41.8. The second-order valence-electron chi connectivity index (χ2n) is 10.3. The summed E-state index contributed by atoms with van der Waals surface area (Å²) in [5, 5.41) is 3.80. The summed E-state index contributed by atoms with van der Waals surface area (Å²) in [6.45, 7) is 3.72. The molecule has 3 aromatic carbocycles. The summed E-state index contributed by atoms with van der Waals surface area (Å²) in [5.74, 6) is -1.29. The van der Waals surface area contributed by atoms with Gasteiger partial charge in [-0.25, -0.2) is 12.7 Å². The Kier molecular flexibility index (Phi) is 10.3. The Bertz CT molecular complexity index is 1570. The Morgan fingerprint density at radius 3 is 2.36 bits per heavy atom. The van der Waals surface area contributed by atoms with E-state index >= 15 is 0 Å². The number of carbonyl (C=O) groups is 3. The lowest BCUT2D eigenvalue weighted by Gasteiger charge is -2.33. The van der Waals surface area contributed by atoms with Gasteiger partial charge in [0.15, 0.2) is 0 Å². The van der Waals surface area contributed by atoms with Crippen LogP contribution in [0.3, 0.4) is 0 Å². The van der Waals surface area contributed by atoms with E-state index in [4.69, 9.17) is 23.2 Å². The molecule has 0 aliphatic carbocycles. The number of nitrogens with one attached hydrogen (secondary N) is 1. The van der Waals surface area contributed by atoms with Crippen molar-refractivity contribution in [1.82, 2.24) is 14.5 Å². The molecule has 0 saturated heterocycles. The van der Waals surface area contributed by atoms with Crippen molar-refractivity contribution in [3.63, 3.8) is 0 Å². The number of hydrogen-bond acceptors (Lipinski definition) is 5. The Morgan fingerprint density at radius 2 is 1.69 bits per heavy atom. The smallest absolute Gasteiger partial charge is 0.269 e. The van der Waals surface area contributed by atoms with E-state index < -0.39 is 22.0 Å². The van der Waals surface area contributed by atoms with Crippen molar-refractivity contribution in [1.29, 1.82) is 0 Å². The van der Waals surface area contributed by atoms with Gasteiger partial charge in [-0.1, -0.05) is 78.7 Å². The zero-order valence-electron chi connectivity index (χ0n) is 23.4. The summed E-state index contributed by atoms with van der Waals surface area (Å²) < 4.78 is 26.8. The molecular weight excluding hydrogens is 597 g/mol. The number of amides is 3. The average Bonchev–Trinajstić information content (AvgIpc) is 3.16. The Balaban J connectivity index is 1.60. The van der Waals surface area contributed by atoms with Crippen molar-refractivity contribution >= 4 is 50.9 Å². The van der Waals surface area contributed by atoms with Crippen molar-refractivity contribution in [2.24, 2.45) is 0 Å². The third-order valence-electron chi connectivity index (χ3n) is 7.29. The van der Waals surface area contributed by atoms with Gasteiger partial charge in [0.05, 0.1) is 5.56 Å². The van der Waals surface area contributed by atoms with Gasteiger partial charge in [0.1, 0.15) is 10.9 Å². The molecule has 222 valence electrons. The molecule has 0 unspecified atom stereocenters. The molecule has 0 saturated carbocycles. The highest BCUT2D eigenvalue weighted by atomic mass is 35.5. The van der Waals surface area contributed by atoms with Crippen molar-refractivity contribution in [2.45, 2.75) is 63.1 Å². The van der Waals surface area contributed by atoms with E-state index in [1.165, 1.54) is 17.0 Å². The lowest BCUT2D eigenvalue weighted by Crippen LogP contribution is -2.52. The van der Waals surface area contributed by atoms with Crippen LogP contribution in [0.1, 0.15) is 54.6 Å². The van der Waals surface area contributed by atoms with Crippen LogP contribution in [0, 0.1) is 0 Å². The molecule has 1 N–H and O–H groups in total. The van der Waals surface area contributed by atoms with Crippen molar-refractivity contribution in [3.05, 3.63) is 99.5 Å². The Morgan fingerprint density at radius 1 is 1.00 bits per heavy atom. The highest BCUT2D eigenvalue weighted by Crippen LogP contribution is 2.30. The maximum atomic E-state index is 13.9. The van der Waals surface area contributed by atoms with Crippen LogP contribution in [-0.2, 0) is 32.6 Å². The Labute approximate surface area is 256 Å². The molecule has 0 radical (unpaired) electrons. The summed E-state index contributed by atoms with van der Waals surface area (Å²) in [6.07, 6.45) is 0.951. The monoisotopic (exact) mass is 629 g/mol. The number of rotatable bonds is 12. The van der Waals surface area contributed by atoms with Crippen molar-refractivity contribution in [2.75, 3.05) is 6.54 Å². The lowest BCUT2D eigenvalue weighted by atomic mass is 10.0. The number of sulfonamides is 1. The molecule has 0 bridgehead atoms. The first-order chi connectivity index (χ1) is 20.0. The van der Waals surface area contributed by atoms with E-state index in [2.05, 4.69) is 5.32 Å². The molecular formula is C31H33Cl2N3O5S. The zero-order chi connectivity index (χ0) is 30.4. The minimum atomic E-state index is -3.99. The van der Waals surface area contributed by atoms with Crippen LogP contribution in [0.5, 0.6) is 0 Å². The second kappa shape index (κ2) is 13.7. The first-order valence-corrected chi connectivity index (χ1v) is 16.0. The van der Waals surface area contributed by atoms with E-state index in [9.17, 15) is 22.8 Å². The van der Waals surface area contributed by atoms with Crippen molar-refractivity contribution in [3.8, 4) is 0 Å². The maximum absolute atomic E-state index is 13.9. The van der Waals surface area contributed by atoms with Gasteiger partial charge in [-0.3, -0.25) is 14.4 Å². The largest absolute Gasteiger partial charge is 0.352 e. The highest BCUT2D eigenvalue weighted by molar-refractivity contribution is 7.90. The van der Waals surface area contributed by atoms with Gasteiger partial charge in [0, 0.05) is 42.0 Å². The molecule has 3 aromatic rings. The minimum absolute atomic E-state index is 0.0344. The molecule has 8 nitrogen and oxygen atoms in total. The van der Waals surface area contributed by atoms with E-state index in [1.54, 1.807) is 30.3 Å². The molecule has 42 heavy (non-hydrogen) atoms. The zero-order valence-corrected chi connectivity index (χ0v) is 25.8. The lowest BCUT2D eigenvalue weighted by molar-refractivity contribution is -0.141. The van der Waals surface area contributed by atoms with E-state index in [0.29, 0.717) is 22.0 Å². The fraction of sp³-hybridized carbons (Fsp3) is 0.323. The third-order valence-corrected chi connectivity index (χ3v) is 9.72. The van der Waals surface area contributed by atoms with Crippen LogP contribution < -0.4 is 5.32 Å². The number of carbonyl (C=O) groups excluding carboxylic acids is 3. The molecule has 0 spiro atoms. The summed E-state index contributed by atoms with van der Waals surface area (Å²) in [7, 11) is -3.99. The number of halogens is 2. The first kappa shape index (κ1) is 31.5. The highest BCUT2D eigenvalue weighted by Gasteiger charge is 2.40. The molecule has 1 aliphatic heterocycles. The molecule has 3 amide bonds. The topological polar surface area (TPSA) is 104 Å². The number of hydrogen-bond donors (Lipinski definition) is 1. The number of nitrogens with zero attached hydrogens (tertiary/aromatic N) is 2. The van der Waals surface area contributed by atoms with Gasteiger partial charge in [-0.2, -0.15) is 0 Å². The molecule has 2 atom stereocenters. The molecule has 1 aliphatic rings. The fourth-order valence-electron chi connectivity index (χ4n) is 4.80. The first-order valence-electron chi connectivity index (χ1n) is 13.8. The predicted octanol–water partition coefficient (Wildman–Crippen LogP) is 5.47. The standard InChI is InChI=1S/C31H33Cl2N3O5S/c1-3-21(2)34-30(38)27(18-22-10-5-4-6-11-22)35(20-23-15-16-24(32)19-26(23)33)29(37)14-9-17-36-31(39)25-12-7-8-13-28(25)42(36,40)41/h4-8,10-13,15-16,19,21,27H,3,9,14,17-18,20H2,1-2H3,(H,34,38)/t21-,27+/m0/s1. The van der Waals surface area contributed by atoms with Crippen LogP contribution in [0.25, 0.3) is 0 Å². The van der Waals surface area contributed by atoms with Gasteiger partial charge in [0.2, 0.25) is 11.8 Å².